The molecule has 6 rings (SSSR count). The van der Waals surface area contributed by atoms with E-state index >= 15 is 0 Å². The Morgan fingerprint density at radius 1 is 1.12 bits per heavy atom. The number of hydrogen-bond donors (Lipinski definition) is 3. The van der Waals surface area contributed by atoms with Crippen LogP contribution < -0.4 is 10.2 Å². The summed E-state index contributed by atoms with van der Waals surface area (Å²) in [5.74, 6) is 0.733. The lowest BCUT2D eigenvalue weighted by atomic mass is 10.1. The molecule has 1 saturated heterocycles. The first kappa shape index (κ1) is 19.7. The fourth-order valence-corrected chi connectivity index (χ4v) is 4.25. The van der Waals surface area contributed by atoms with Crippen molar-refractivity contribution in [2.24, 2.45) is 0 Å². The van der Waals surface area contributed by atoms with E-state index in [9.17, 15) is 5.11 Å². The molecule has 1 aromatic carbocycles. The van der Waals surface area contributed by atoms with Gasteiger partial charge in [-0.1, -0.05) is 12.1 Å². The van der Waals surface area contributed by atoms with Gasteiger partial charge in [0.2, 0.25) is 0 Å². The van der Waals surface area contributed by atoms with Crippen molar-refractivity contribution < 1.29 is 9.84 Å². The van der Waals surface area contributed by atoms with Gasteiger partial charge in [0.15, 0.2) is 5.65 Å². The normalized spacial score (nSPS) is 16.5. The van der Waals surface area contributed by atoms with Gasteiger partial charge in [0.1, 0.15) is 5.82 Å². The minimum atomic E-state index is -0.158. The molecule has 166 valence electrons. The molecule has 9 heteroatoms. The Bertz CT molecular complexity index is 1410. The number of hydrogen-bond acceptors (Lipinski definition) is 7. The monoisotopic (exact) mass is 441 g/mol. The van der Waals surface area contributed by atoms with Crippen LogP contribution in [0.5, 0.6) is 0 Å². The number of nitrogens with zero attached hydrogens (tertiary/aromatic N) is 5. The molecule has 0 spiro atoms. The van der Waals surface area contributed by atoms with Crippen LogP contribution in [0, 0.1) is 0 Å². The maximum atomic E-state index is 9.39. The number of imidazole rings is 1. The number of anilines is 3. The number of ether oxygens (including phenoxy) is 1. The number of aromatic amines is 1. The maximum Gasteiger partial charge on any atom is 0.160 e. The first-order valence-corrected chi connectivity index (χ1v) is 10.9. The van der Waals surface area contributed by atoms with Crippen LogP contribution in [0.15, 0.2) is 67.4 Å². The summed E-state index contributed by atoms with van der Waals surface area (Å²) in [6, 6.07) is 12.3. The topological polar surface area (TPSA) is 104 Å². The molecule has 9 nitrogen and oxygen atoms in total. The number of aromatic nitrogens is 5. The molecular weight excluding hydrogens is 418 g/mol. The first-order valence-electron chi connectivity index (χ1n) is 10.9. The number of H-pyrrole nitrogens is 1. The Balaban J connectivity index is 1.30. The van der Waals surface area contributed by atoms with Crippen molar-refractivity contribution in [3.8, 4) is 11.1 Å². The summed E-state index contributed by atoms with van der Waals surface area (Å²) < 4.78 is 7.55. The minimum absolute atomic E-state index is 0.0214. The summed E-state index contributed by atoms with van der Waals surface area (Å²) >= 11 is 0. The molecule has 0 radical (unpaired) electrons. The van der Waals surface area contributed by atoms with Gasteiger partial charge in [0.05, 0.1) is 48.6 Å². The lowest BCUT2D eigenvalue weighted by Crippen LogP contribution is -2.44. The van der Waals surface area contributed by atoms with Crippen molar-refractivity contribution in [2.75, 3.05) is 36.5 Å². The van der Waals surface area contributed by atoms with Gasteiger partial charge in [-0.15, -0.1) is 0 Å². The van der Waals surface area contributed by atoms with E-state index in [0.717, 1.165) is 51.4 Å². The van der Waals surface area contributed by atoms with E-state index in [-0.39, 0.29) is 12.7 Å². The molecule has 1 aliphatic rings. The molecule has 4 aromatic heterocycles. The second-order valence-electron chi connectivity index (χ2n) is 8.12. The molecule has 0 amide bonds. The van der Waals surface area contributed by atoms with Gasteiger partial charge in [-0.2, -0.15) is 5.10 Å². The fraction of sp³-hybridized carbons (Fsp3) is 0.208. The number of aliphatic hydroxyl groups is 1. The van der Waals surface area contributed by atoms with Crippen LogP contribution in [-0.4, -0.2) is 62.1 Å². The third-order valence-corrected chi connectivity index (χ3v) is 5.98. The molecule has 0 aliphatic carbocycles. The molecule has 5 heterocycles. The summed E-state index contributed by atoms with van der Waals surface area (Å²) in [7, 11) is 0. The van der Waals surface area contributed by atoms with Gasteiger partial charge in [0, 0.05) is 42.6 Å². The van der Waals surface area contributed by atoms with Crippen LogP contribution in [0.1, 0.15) is 0 Å². The predicted octanol–water partition coefficient (Wildman–Crippen LogP) is 3.21. The van der Waals surface area contributed by atoms with Crippen molar-refractivity contribution in [2.45, 2.75) is 6.10 Å². The molecule has 0 bridgehead atoms. The minimum Gasteiger partial charge on any atom is -0.394 e. The molecule has 3 N–H and O–H groups in total. The van der Waals surface area contributed by atoms with Crippen LogP contribution in [0.25, 0.3) is 27.7 Å². The van der Waals surface area contributed by atoms with Gasteiger partial charge in [-0.05, 0) is 29.8 Å². The van der Waals surface area contributed by atoms with E-state index in [1.54, 1.807) is 6.20 Å². The zero-order chi connectivity index (χ0) is 22.2. The Morgan fingerprint density at radius 3 is 2.97 bits per heavy atom. The van der Waals surface area contributed by atoms with Crippen LogP contribution in [-0.2, 0) is 4.74 Å². The maximum absolute atomic E-state index is 9.39. The Kier molecular flexibility index (Phi) is 4.89. The number of nitrogens with one attached hydrogen (secondary N) is 2. The number of fused-ring (bicyclic) bond motifs is 2. The van der Waals surface area contributed by atoms with Crippen molar-refractivity contribution in [3.63, 3.8) is 0 Å². The average Bonchev–Trinajstić information content (AvgIpc) is 3.53. The lowest BCUT2D eigenvalue weighted by molar-refractivity contribution is 0.00355. The Hall–Kier alpha value is -3.95. The largest absolute Gasteiger partial charge is 0.394 e. The van der Waals surface area contributed by atoms with E-state index in [2.05, 4.69) is 60.8 Å². The molecule has 0 saturated carbocycles. The summed E-state index contributed by atoms with van der Waals surface area (Å²) in [5.41, 5.74) is 5.84. The molecule has 1 unspecified atom stereocenters. The standard InChI is InChI=1S/C24H23N7O2/c32-15-20-14-30(7-8-33-20)19-3-4-23(26-12-19)28-22-10-18(13-31-6-5-25-24(22)31)16-1-2-17-11-27-29-21(17)9-16/h1-6,9-13,20,32H,7-8,14-15H2,(H,26,28)(H,27,29). The third kappa shape index (κ3) is 3.77. The highest BCUT2D eigenvalue weighted by Crippen LogP contribution is 2.29. The van der Waals surface area contributed by atoms with Gasteiger partial charge < -0.3 is 24.5 Å². The van der Waals surface area contributed by atoms with Gasteiger partial charge in [-0.3, -0.25) is 5.10 Å². The second-order valence-corrected chi connectivity index (χ2v) is 8.12. The molecule has 1 aliphatic heterocycles. The van der Waals surface area contributed by atoms with Crippen molar-refractivity contribution >= 4 is 33.7 Å². The van der Waals surface area contributed by atoms with E-state index in [1.165, 1.54) is 0 Å². The van der Waals surface area contributed by atoms with Gasteiger partial charge in [0.25, 0.3) is 0 Å². The summed E-state index contributed by atoms with van der Waals surface area (Å²) in [6.45, 7) is 2.05. The number of benzene rings is 1. The van der Waals surface area contributed by atoms with Crippen LogP contribution >= 0.6 is 0 Å². The van der Waals surface area contributed by atoms with Crippen LogP contribution in [0.2, 0.25) is 0 Å². The average molecular weight is 441 g/mol. The summed E-state index contributed by atoms with van der Waals surface area (Å²) in [6.07, 6.45) is 9.30. The van der Waals surface area contributed by atoms with Crippen molar-refractivity contribution in [1.29, 1.82) is 0 Å². The summed E-state index contributed by atoms with van der Waals surface area (Å²) in [5, 5.41) is 21.0. The third-order valence-electron chi connectivity index (χ3n) is 5.98. The number of rotatable bonds is 5. The number of pyridine rings is 2. The zero-order valence-electron chi connectivity index (χ0n) is 17.8. The second kappa shape index (κ2) is 8.19. The van der Waals surface area contributed by atoms with E-state index < -0.39 is 0 Å². The van der Waals surface area contributed by atoms with Crippen molar-refractivity contribution in [1.82, 2.24) is 24.6 Å². The van der Waals surface area contributed by atoms with Gasteiger partial charge in [-0.25, -0.2) is 9.97 Å². The van der Waals surface area contributed by atoms with Crippen molar-refractivity contribution in [3.05, 3.63) is 67.4 Å². The molecule has 1 atom stereocenters. The zero-order valence-corrected chi connectivity index (χ0v) is 17.8. The SMILES string of the molecule is OCC1CN(c2ccc(Nc3cc(-c4ccc5cn[nH]c5c4)cn4ccnc34)nc2)CCO1. The number of morpholine rings is 1. The van der Waals surface area contributed by atoms with E-state index in [1.807, 2.05) is 35.1 Å². The molecule has 1 fully saturated rings. The predicted molar refractivity (Wildman–Crippen MR) is 127 cm³/mol. The van der Waals surface area contributed by atoms with E-state index in [0.29, 0.717) is 13.2 Å². The molecule has 33 heavy (non-hydrogen) atoms. The van der Waals surface area contributed by atoms with Gasteiger partial charge >= 0.3 is 0 Å². The summed E-state index contributed by atoms with van der Waals surface area (Å²) in [4.78, 5) is 11.3. The number of aliphatic hydroxyl groups excluding tert-OH is 1. The molecule has 5 aromatic rings. The highest BCUT2D eigenvalue weighted by atomic mass is 16.5. The molecular formula is C24H23N7O2. The smallest absolute Gasteiger partial charge is 0.160 e. The van der Waals surface area contributed by atoms with E-state index in [4.69, 9.17) is 4.74 Å². The van der Waals surface area contributed by atoms with Crippen LogP contribution in [0.4, 0.5) is 17.2 Å². The highest BCUT2D eigenvalue weighted by molar-refractivity contribution is 5.86. The van der Waals surface area contributed by atoms with Crippen LogP contribution in [0.3, 0.4) is 0 Å². The highest BCUT2D eigenvalue weighted by Gasteiger charge is 2.20. The fourth-order valence-electron chi connectivity index (χ4n) is 4.25. The lowest BCUT2D eigenvalue weighted by Gasteiger charge is -2.33. The first-order chi connectivity index (χ1) is 16.3. The Labute approximate surface area is 189 Å². The quantitative estimate of drug-likeness (QED) is 0.385. The Morgan fingerprint density at radius 2 is 2.09 bits per heavy atom.